The zero-order valence-corrected chi connectivity index (χ0v) is 19.3. The predicted octanol–water partition coefficient (Wildman–Crippen LogP) is 6.19. The Labute approximate surface area is 196 Å². The number of thiophene rings is 1. The molecule has 1 fully saturated rings. The van der Waals surface area contributed by atoms with Crippen LogP contribution in [0.25, 0.3) is 0 Å². The molecule has 1 unspecified atom stereocenters. The number of carbonyl (C=O) groups excluding carboxylic acids is 1. The summed E-state index contributed by atoms with van der Waals surface area (Å²) in [6.45, 7) is 3.87. The fraction of sp³-hybridized carbons (Fsp3) is 0.346. The quantitative estimate of drug-likeness (QED) is 0.464. The van der Waals surface area contributed by atoms with Gasteiger partial charge in [-0.1, -0.05) is 42.5 Å². The topological polar surface area (TPSA) is 32.3 Å². The molecule has 2 heterocycles. The van der Waals surface area contributed by atoms with Crippen molar-refractivity contribution in [1.82, 2.24) is 10.2 Å². The minimum atomic E-state index is -4.34. The molecule has 33 heavy (non-hydrogen) atoms. The van der Waals surface area contributed by atoms with Gasteiger partial charge in [0.15, 0.2) is 0 Å². The van der Waals surface area contributed by atoms with Crippen LogP contribution in [0.2, 0.25) is 0 Å². The minimum absolute atomic E-state index is 0.0353. The van der Waals surface area contributed by atoms with Crippen molar-refractivity contribution in [2.24, 2.45) is 5.92 Å². The second-order valence-corrected chi connectivity index (χ2v) is 9.38. The molecule has 3 aromatic rings. The first-order valence-corrected chi connectivity index (χ1v) is 12.0. The van der Waals surface area contributed by atoms with Crippen molar-refractivity contribution in [2.75, 3.05) is 13.1 Å². The molecule has 3 nitrogen and oxygen atoms in total. The Kier molecular flexibility index (Phi) is 7.20. The number of hydrogen-bond donors (Lipinski definition) is 1. The van der Waals surface area contributed by atoms with Crippen LogP contribution in [-0.2, 0) is 17.5 Å². The molecule has 0 radical (unpaired) electrons. The molecule has 1 N–H and O–H groups in total. The lowest BCUT2D eigenvalue weighted by molar-refractivity contribution is -0.137. The van der Waals surface area contributed by atoms with Crippen molar-refractivity contribution in [2.45, 2.75) is 38.5 Å². The monoisotopic (exact) mass is 472 g/mol. The maximum absolute atomic E-state index is 13.2. The standard InChI is InChI=1S/C26H27F3N2OS/c1-18-5-2-3-8-23(18)24(21-11-14-33-17-21)30-25(32)20-9-12-31(13-10-20)16-19-6-4-7-22(15-19)26(27,28)29/h2-8,11,14-15,17,20,24H,9-10,12-13,16H2,1H3,(H,30,32). The zero-order chi connectivity index (χ0) is 23.4. The first kappa shape index (κ1) is 23.5. The fourth-order valence-electron chi connectivity index (χ4n) is 4.41. The third-order valence-corrected chi connectivity index (χ3v) is 6.98. The largest absolute Gasteiger partial charge is 0.416 e. The summed E-state index contributed by atoms with van der Waals surface area (Å²) in [7, 11) is 0. The third kappa shape index (κ3) is 5.84. The van der Waals surface area contributed by atoms with Gasteiger partial charge in [-0.2, -0.15) is 24.5 Å². The van der Waals surface area contributed by atoms with E-state index in [1.54, 1.807) is 17.4 Å². The number of aryl methyl sites for hydroxylation is 1. The maximum atomic E-state index is 13.2. The number of carbonyl (C=O) groups is 1. The lowest BCUT2D eigenvalue weighted by atomic mass is 9.92. The molecule has 1 aliphatic heterocycles. The molecule has 0 saturated carbocycles. The lowest BCUT2D eigenvalue weighted by Crippen LogP contribution is -2.41. The van der Waals surface area contributed by atoms with Crippen molar-refractivity contribution in [3.63, 3.8) is 0 Å². The molecule has 0 aliphatic carbocycles. The highest BCUT2D eigenvalue weighted by atomic mass is 32.1. The van der Waals surface area contributed by atoms with Crippen LogP contribution in [0.1, 0.15) is 46.7 Å². The Balaban J connectivity index is 1.37. The molecule has 1 saturated heterocycles. The molecule has 1 aliphatic rings. The maximum Gasteiger partial charge on any atom is 0.416 e. The van der Waals surface area contributed by atoms with E-state index < -0.39 is 11.7 Å². The van der Waals surface area contributed by atoms with Gasteiger partial charge in [-0.15, -0.1) is 0 Å². The van der Waals surface area contributed by atoms with Gasteiger partial charge in [-0.25, -0.2) is 0 Å². The highest BCUT2D eigenvalue weighted by molar-refractivity contribution is 7.08. The summed E-state index contributed by atoms with van der Waals surface area (Å²) < 4.78 is 38.9. The zero-order valence-electron chi connectivity index (χ0n) is 18.4. The first-order chi connectivity index (χ1) is 15.8. The Bertz CT molecular complexity index is 1070. The average Bonchev–Trinajstić information content (AvgIpc) is 3.33. The lowest BCUT2D eigenvalue weighted by Gasteiger charge is -2.32. The van der Waals surface area contributed by atoms with E-state index in [4.69, 9.17) is 0 Å². The Morgan fingerprint density at radius 1 is 1.12 bits per heavy atom. The number of likely N-dealkylation sites (tertiary alicyclic amines) is 1. The summed E-state index contributed by atoms with van der Waals surface area (Å²) in [5, 5.41) is 7.34. The summed E-state index contributed by atoms with van der Waals surface area (Å²) in [6.07, 6.45) is -2.96. The summed E-state index contributed by atoms with van der Waals surface area (Å²) in [6, 6.07) is 15.4. The van der Waals surface area contributed by atoms with Crippen LogP contribution in [0.3, 0.4) is 0 Å². The molecule has 1 atom stereocenters. The van der Waals surface area contributed by atoms with E-state index in [1.807, 2.05) is 36.6 Å². The van der Waals surface area contributed by atoms with Crippen LogP contribution in [0.5, 0.6) is 0 Å². The van der Waals surface area contributed by atoms with Crippen LogP contribution >= 0.6 is 11.3 Å². The molecule has 2 aromatic carbocycles. The van der Waals surface area contributed by atoms with Gasteiger partial charge in [-0.3, -0.25) is 9.69 Å². The van der Waals surface area contributed by atoms with E-state index in [0.29, 0.717) is 38.0 Å². The average molecular weight is 473 g/mol. The van der Waals surface area contributed by atoms with E-state index in [0.717, 1.165) is 22.8 Å². The number of hydrogen-bond acceptors (Lipinski definition) is 3. The van der Waals surface area contributed by atoms with Gasteiger partial charge < -0.3 is 5.32 Å². The number of amides is 1. The molecule has 0 spiro atoms. The first-order valence-electron chi connectivity index (χ1n) is 11.1. The third-order valence-electron chi connectivity index (χ3n) is 6.28. The number of alkyl halides is 3. The predicted molar refractivity (Wildman–Crippen MR) is 125 cm³/mol. The van der Waals surface area contributed by atoms with Gasteiger partial charge in [-0.05, 0) is 78.0 Å². The number of piperidine rings is 1. The van der Waals surface area contributed by atoms with Gasteiger partial charge in [0.2, 0.25) is 5.91 Å². The molecule has 7 heteroatoms. The normalized spacial score (nSPS) is 16.5. The molecule has 1 aromatic heterocycles. The van der Waals surface area contributed by atoms with E-state index in [9.17, 15) is 18.0 Å². The Hall–Kier alpha value is -2.64. The molecule has 1 amide bonds. The second kappa shape index (κ2) is 10.1. The summed E-state index contributed by atoms with van der Waals surface area (Å²) in [4.78, 5) is 15.3. The van der Waals surface area contributed by atoms with Crippen molar-refractivity contribution in [3.05, 3.63) is 93.2 Å². The SMILES string of the molecule is Cc1ccccc1C(NC(=O)C1CCN(Cc2cccc(C(F)(F)F)c2)CC1)c1ccsc1. The fourth-order valence-corrected chi connectivity index (χ4v) is 5.09. The van der Waals surface area contributed by atoms with E-state index in [2.05, 4.69) is 21.7 Å². The summed E-state index contributed by atoms with van der Waals surface area (Å²) in [5.74, 6) is -0.0684. The van der Waals surface area contributed by atoms with Crippen molar-refractivity contribution in [1.29, 1.82) is 0 Å². The Morgan fingerprint density at radius 2 is 1.88 bits per heavy atom. The van der Waals surface area contributed by atoms with Gasteiger partial charge in [0.1, 0.15) is 0 Å². The van der Waals surface area contributed by atoms with Crippen molar-refractivity contribution < 1.29 is 18.0 Å². The van der Waals surface area contributed by atoms with Crippen LogP contribution in [0.15, 0.2) is 65.4 Å². The van der Waals surface area contributed by atoms with Gasteiger partial charge in [0, 0.05) is 12.5 Å². The van der Waals surface area contributed by atoms with E-state index in [1.165, 1.54) is 12.1 Å². The highest BCUT2D eigenvalue weighted by Crippen LogP contribution is 2.31. The minimum Gasteiger partial charge on any atom is -0.345 e. The number of benzene rings is 2. The van der Waals surface area contributed by atoms with Crippen LogP contribution in [0, 0.1) is 12.8 Å². The summed E-state index contributed by atoms with van der Waals surface area (Å²) >= 11 is 1.61. The smallest absolute Gasteiger partial charge is 0.345 e. The second-order valence-electron chi connectivity index (χ2n) is 8.60. The molecule has 0 bridgehead atoms. The summed E-state index contributed by atoms with van der Waals surface area (Å²) in [5.41, 5.74) is 3.32. The van der Waals surface area contributed by atoms with Crippen LogP contribution in [-0.4, -0.2) is 23.9 Å². The number of rotatable bonds is 6. The molecular weight excluding hydrogens is 445 g/mol. The molecule has 4 rings (SSSR count). The van der Waals surface area contributed by atoms with Gasteiger partial charge in [0.05, 0.1) is 11.6 Å². The molecule has 174 valence electrons. The number of halogens is 3. The van der Waals surface area contributed by atoms with Crippen molar-refractivity contribution >= 4 is 17.2 Å². The van der Waals surface area contributed by atoms with Gasteiger partial charge in [0.25, 0.3) is 0 Å². The molecular formula is C26H27F3N2OS. The van der Waals surface area contributed by atoms with Crippen LogP contribution in [0.4, 0.5) is 13.2 Å². The van der Waals surface area contributed by atoms with Crippen LogP contribution < -0.4 is 5.32 Å². The highest BCUT2D eigenvalue weighted by Gasteiger charge is 2.31. The number of nitrogens with one attached hydrogen (secondary N) is 1. The van der Waals surface area contributed by atoms with E-state index >= 15 is 0 Å². The van der Waals surface area contributed by atoms with E-state index in [-0.39, 0.29) is 17.9 Å². The van der Waals surface area contributed by atoms with Gasteiger partial charge >= 0.3 is 6.18 Å². The number of nitrogens with zero attached hydrogens (tertiary/aromatic N) is 1. The van der Waals surface area contributed by atoms with Crippen molar-refractivity contribution in [3.8, 4) is 0 Å². The Morgan fingerprint density at radius 3 is 2.55 bits per heavy atom.